The Morgan fingerprint density at radius 2 is 2.03 bits per heavy atom. The number of imidazole rings is 1. The molecule has 4 heterocycles. The molecule has 0 radical (unpaired) electrons. The number of carbonyl (C=O) groups is 1. The molecule has 0 aliphatic carbocycles. The molecule has 1 amide bonds. The zero-order chi connectivity index (χ0) is 21.2. The van der Waals surface area contributed by atoms with Crippen molar-refractivity contribution in [3.8, 4) is 0 Å². The monoisotopic (exact) mass is 431 g/mol. The number of likely N-dealkylation sites (tertiary alicyclic amines) is 1. The number of rotatable bonds is 6. The first-order valence-corrected chi connectivity index (χ1v) is 11.5. The molecule has 0 N–H and O–H groups in total. The Morgan fingerprint density at radius 1 is 1.19 bits per heavy atom. The van der Waals surface area contributed by atoms with Crippen molar-refractivity contribution >= 4 is 22.9 Å². The number of hydrogen-bond acceptors (Lipinski definition) is 5. The summed E-state index contributed by atoms with van der Waals surface area (Å²) in [6.07, 6.45) is 6.11. The van der Waals surface area contributed by atoms with Gasteiger partial charge in [0.15, 0.2) is 5.69 Å². The van der Waals surface area contributed by atoms with Crippen molar-refractivity contribution in [3.63, 3.8) is 0 Å². The standard InChI is InChI=1S/C24H25N5OS/c1-27(16-18-8-3-2-4-9-18)24(30)22-20(29-14-6-5-11-21(29)26-22)17-28-13-7-10-19(28)23-25-12-15-31-23/h2-6,8-9,11-12,14-15,19H,7,10,13,16-17H2,1H3/t19-/m1/s1. The molecular weight excluding hydrogens is 406 g/mol. The minimum Gasteiger partial charge on any atom is -0.336 e. The molecule has 0 bridgehead atoms. The lowest BCUT2D eigenvalue weighted by molar-refractivity contribution is 0.0777. The highest BCUT2D eigenvalue weighted by Gasteiger charge is 2.31. The van der Waals surface area contributed by atoms with Crippen molar-refractivity contribution in [1.29, 1.82) is 0 Å². The van der Waals surface area contributed by atoms with Crippen LogP contribution in [0.1, 0.15) is 45.6 Å². The van der Waals surface area contributed by atoms with E-state index in [4.69, 9.17) is 4.98 Å². The van der Waals surface area contributed by atoms with Gasteiger partial charge in [-0.3, -0.25) is 9.69 Å². The fourth-order valence-corrected chi connectivity index (χ4v) is 5.17. The van der Waals surface area contributed by atoms with Crippen molar-refractivity contribution in [3.05, 3.63) is 88.3 Å². The Kier molecular flexibility index (Phi) is 5.53. The lowest BCUT2D eigenvalue weighted by atomic mass is 10.2. The number of amides is 1. The van der Waals surface area contributed by atoms with Gasteiger partial charge in [-0.05, 0) is 37.1 Å². The van der Waals surface area contributed by atoms with Crippen LogP contribution in [0.3, 0.4) is 0 Å². The number of aromatic nitrogens is 3. The summed E-state index contributed by atoms with van der Waals surface area (Å²) in [6, 6.07) is 16.3. The average molecular weight is 432 g/mol. The van der Waals surface area contributed by atoms with E-state index < -0.39 is 0 Å². The highest BCUT2D eigenvalue weighted by Crippen LogP contribution is 2.34. The van der Waals surface area contributed by atoms with Gasteiger partial charge >= 0.3 is 0 Å². The van der Waals surface area contributed by atoms with Gasteiger partial charge in [-0.1, -0.05) is 36.4 Å². The number of fused-ring (bicyclic) bond motifs is 1. The summed E-state index contributed by atoms with van der Waals surface area (Å²) in [5.41, 5.74) is 3.39. The molecule has 1 aliphatic rings. The highest BCUT2D eigenvalue weighted by atomic mass is 32.1. The van der Waals surface area contributed by atoms with E-state index in [-0.39, 0.29) is 5.91 Å². The van der Waals surface area contributed by atoms with Gasteiger partial charge in [0.05, 0.1) is 11.7 Å². The number of hydrogen-bond donors (Lipinski definition) is 0. The van der Waals surface area contributed by atoms with Crippen LogP contribution in [0.4, 0.5) is 0 Å². The van der Waals surface area contributed by atoms with Gasteiger partial charge in [-0.25, -0.2) is 9.97 Å². The SMILES string of the molecule is CN(Cc1ccccc1)C(=O)c1nc2ccccn2c1CN1CCC[C@@H]1c1nccs1. The van der Waals surface area contributed by atoms with E-state index in [0.717, 1.165) is 41.3 Å². The van der Waals surface area contributed by atoms with Gasteiger partial charge in [0.1, 0.15) is 10.7 Å². The molecule has 1 aliphatic heterocycles. The normalized spacial score (nSPS) is 16.7. The molecular formula is C24H25N5OS. The van der Waals surface area contributed by atoms with Crippen LogP contribution >= 0.6 is 11.3 Å². The third-order valence-corrected chi connectivity index (χ3v) is 6.77. The zero-order valence-electron chi connectivity index (χ0n) is 17.5. The average Bonchev–Trinajstić information content (AvgIpc) is 3.54. The maximum Gasteiger partial charge on any atom is 0.274 e. The maximum absolute atomic E-state index is 13.4. The lowest BCUT2D eigenvalue weighted by Gasteiger charge is -2.23. The van der Waals surface area contributed by atoms with Gasteiger partial charge in [-0.2, -0.15) is 0 Å². The molecule has 0 spiro atoms. The Balaban J connectivity index is 1.46. The van der Waals surface area contributed by atoms with Crippen molar-refractivity contribution in [2.24, 2.45) is 0 Å². The van der Waals surface area contributed by atoms with Crippen LogP contribution in [0, 0.1) is 0 Å². The number of nitrogens with zero attached hydrogens (tertiary/aromatic N) is 5. The first-order chi connectivity index (χ1) is 15.2. The Hall–Kier alpha value is -3.03. The molecule has 1 atom stereocenters. The number of benzene rings is 1. The van der Waals surface area contributed by atoms with Crippen LogP contribution < -0.4 is 0 Å². The van der Waals surface area contributed by atoms with E-state index in [0.29, 0.717) is 24.8 Å². The largest absolute Gasteiger partial charge is 0.336 e. The summed E-state index contributed by atoms with van der Waals surface area (Å²) in [6.45, 7) is 2.23. The van der Waals surface area contributed by atoms with Crippen molar-refractivity contribution < 1.29 is 4.79 Å². The van der Waals surface area contributed by atoms with Crippen molar-refractivity contribution in [2.75, 3.05) is 13.6 Å². The number of pyridine rings is 1. The molecule has 0 unspecified atom stereocenters. The second-order valence-electron chi connectivity index (χ2n) is 7.98. The lowest BCUT2D eigenvalue weighted by Crippen LogP contribution is -2.29. The smallest absolute Gasteiger partial charge is 0.274 e. The fourth-order valence-electron chi connectivity index (χ4n) is 4.37. The Bertz CT molecular complexity index is 1170. The van der Waals surface area contributed by atoms with E-state index in [1.807, 2.05) is 73.4 Å². The summed E-state index contributed by atoms with van der Waals surface area (Å²) in [5.74, 6) is -0.0486. The van der Waals surface area contributed by atoms with E-state index >= 15 is 0 Å². The van der Waals surface area contributed by atoms with E-state index in [1.54, 1.807) is 16.2 Å². The topological polar surface area (TPSA) is 53.7 Å². The molecule has 5 rings (SSSR count). The second kappa shape index (κ2) is 8.61. The number of thiazole rings is 1. The minimum absolute atomic E-state index is 0.0486. The first kappa shape index (κ1) is 19.9. The maximum atomic E-state index is 13.4. The van der Waals surface area contributed by atoms with E-state index in [2.05, 4.69) is 14.3 Å². The molecule has 1 fully saturated rings. The van der Waals surface area contributed by atoms with Crippen LogP contribution in [0.5, 0.6) is 0 Å². The summed E-state index contributed by atoms with van der Waals surface area (Å²) in [5, 5.41) is 3.19. The summed E-state index contributed by atoms with van der Waals surface area (Å²) in [4.78, 5) is 26.9. The molecule has 31 heavy (non-hydrogen) atoms. The number of carbonyl (C=O) groups excluding carboxylic acids is 1. The predicted octanol–water partition coefficient (Wildman–Crippen LogP) is 4.40. The zero-order valence-corrected chi connectivity index (χ0v) is 18.3. The molecule has 6 nitrogen and oxygen atoms in total. The highest BCUT2D eigenvalue weighted by molar-refractivity contribution is 7.09. The first-order valence-electron chi connectivity index (χ1n) is 10.6. The second-order valence-corrected chi connectivity index (χ2v) is 8.91. The van der Waals surface area contributed by atoms with Gasteiger partial charge in [0.25, 0.3) is 5.91 Å². The molecule has 1 aromatic carbocycles. The van der Waals surface area contributed by atoms with Gasteiger partial charge in [0.2, 0.25) is 0 Å². The van der Waals surface area contributed by atoms with Crippen LogP contribution in [0.15, 0.2) is 66.3 Å². The fraction of sp³-hybridized carbons (Fsp3) is 0.292. The molecule has 0 saturated carbocycles. The van der Waals surface area contributed by atoms with Gasteiger partial charge in [0, 0.05) is 37.9 Å². The molecule has 1 saturated heterocycles. The summed E-state index contributed by atoms with van der Waals surface area (Å²) in [7, 11) is 1.84. The van der Waals surface area contributed by atoms with Crippen LogP contribution in [0.25, 0.3) is 5.65 Å². The molecule has 4 aromatic rings. The van der Waals surface area contributed by atoms with Crippen LogP contribution in [-0.2, 0) is 13.1 Å². The summed E-state index contributed by atoms with van der Waals surface area (Å²) >= 11 is 1.71. The van der Waals surface area contributed by atoms with Crippen LogP contribution in [-0.4, -0.2) is 43.7 Å². The van der Waals surface area contributed by atoms with Gasteiger partial charge in [-0.15, -0.1) is 11.3 Å². The quantitative estimate of drug-likeness (QED) is 0.454. The van der Waals surface area contributed by atoms with Crippen LogP contribution in [0.2, 0.25) is 0 Å². The summed E-state index contributed by atoms with van der Waals surface area (Å²) < 4.78 is 2.06. The minimum atomic E-state index is -0.0486. The Labute approximate surface area is 185 Å². The molecule has 3 aromatic heterocycles. The van der Waals surface area contributed by atoms with Gasteiger partial charge < -0.3 is 9.30 Å². The van der Waals surface area contributed by atoms with E-state index in [1.165, 1.54) is 0 Å². The van der Waals surface area contributed by atoms with Crippen molar-refractivity contribution in [2.45, 2.75) is 32.0 Å². The Morgan fingerprint density at radius 3 is 2.84 bits per heavy atom. The third kappa shape index (κ3) is 3.98. The van der Waals surface area contributed by atoms with E-state index in [9.17, 15) is 4.79 Å². The van der Waals surface area contributed by atoms with Crippen molar-refractivity contribution in [1.82, 2.24) is 24.2 Å². The third-order valence-electron chi connectivity index (χ3n) is 5.89. The molecule has 7 heteroatoms. The molecule has 158 valence electrons. The predicted molar refractivity (Wildman–Crippen MR) is 122 cm³/mol.